The summed E-state index contributed by atoms with van der Waals surface area (Å²) in [6, 6.07) is 0. The molecule has 0 aromatic heterocycles. The van der Waals surface area contributed by atoms with E-state index >= 15 is 0 Å². The van der Waals surface area contributed by atoms with Crippen LogP contribution in [-0.4, -0.2) is 38.4 Å². The van der Waals surface area contributed by atoms with Crippen molar-refractivity contribution in [1.82, 2.24) is 0 Å². The molecule has 0 aliphatic carbocycles. The molecule has 0 aromatic carbocycles. The van der Waals surface area contributed by atoms with Crippen molar-refractivity contribution in [3.63, 3.8) is 0 Å². The molecule has 0 fully saturated rings. The first kappa shape index (κ1) is 25.4. The molecular weight excluding hydrogens is 479 g/mol. The summed E-state index contributed by atoms with van der Waals surface area (Å²) in [5, 5.41) is 8.68. The van der Waals surface area contributed by atoms with Gasteiger partial charge in [-0.3, -0.25) is 0 Å². The van der Waals surface area contributed by atoms with Crippen molar-refractivity contribution < 1.29 is 9.90 Å². The van der Waals surface area contributed by atoms with Crippen molar-refractivity contribution in [3.05, 3.63) is 11.6 Å². The van der Waals surface area contributed by atoms with E-state index in [4.69, 9.17) is 5.11 Å². The molecule has 0 amide bonds. The minimum absolute atomic E-state index is 0. The zero-order valence-corrected chi connectivity index (χ0v) is 21.7. The fraction of sp³-hybridized carbons (Fsp3) is 0.850. The van der Waals surface area contributed by atoms with E-state index in [1.807, 2.05) is 6.92 Å². The van der Waals surface area contributed by atoms with E-state index in [0.29, 0.717) is 0 Å². The van der Waals surface area contributed by atoms with Crippen molar-refractivity contribution in [3.8, 4) is 0 Å². The average molecular weight is 520 g/mol. The van der Waals surface area contributed by atoms with Gasteiger partial charge in [-0.1, -0.05) is 78.2 Å². The van der Waals surface area contributed by atoms with Crippen LogP contribution < -0.4 is 0 Å². The number of carboxylic acid groups (broad SMARTS) is 1. The monoisotopic (exact) mass is 520 g/mol. The van der Waals surface area contributed by atoms with Gasteiger partial charge in [0.1, 0.15) is 0 Å². The molecule has 2 nitrogen and oxygen atoms in total. The van der Waals surface area contributed by atoms with E-state index < -0.39 is 5.97 Å². The summed E-state index contributed by atoms with van der Waals surface area (Å²) < 4.78 is 0. The van der Waals surface area contributed by atoms with Crippen molar-refractivity contribution in [1.29, 1.82) is 0 Å². The molecule has 0 saturated heterocycles. The van der Waals surface area contributed by atoms with E-state index in [9.17, 15) is 4.79 Å². The van der Waals surface area contributed by atoms with Gasteiger partial charge >= 0.3 is 33.3 Å². The van der Waals surface area contributed by atoms with E-state index in [-0.39, 0.29) is 27.3 Å². The third kappa shape index (κ3) is 18.3. The Hall–Kier alpha value is 0.132. The number of carboxylic acids is 1. The second-order valence-electron chi connectivity index (χ2n) is 7.69. The number of allylic oxidation sites excluding steroid dienone is 1. The van der Waals surface area contributed by atoms with E-state index in [1.54, 1.807) is 0 Å². The molecule has 3 heteroatoms. The molecule has 23 heavy (non-hydrogen) atoms. The Morgan fingerprint density at radius 2 is 1.30 bits per heavy atom. The maximum absolute atomic E-state index is 10.5. The zero-order valence-electron chi connectivity index (χ0n) is 16.2. The Morgan fingerprint density at radius 3 is 1.74 bits per heavy atom. The van der Waals surface area contributed by atoms with Gasteiger partial charge in [-0.15, -0.1) is 0 Å². The fourth-order valence-corrected chi connectivity index (χ4v) is 2.99. The molecule has 0 spiro atoms. The van der Waals surface area contributed by atoms with Crippen LogP contribution in [0, 0.1) is 17.8 Å². The summed E-state index contributed by atoms with van der Waals surface area (Å²) in [6.07, 6.45) is 12.7. The fourth-order valence-electron chi connectivity index (χ4n) is 2.99. The van der Waals surface area contributed by atoms with Crippen LogP contribution in [0.1, 0.15) is 92.4 Å². The van der Waals surface area contributed by atoms with Gasteiger partial charge in [0.05, 0.1) is 0 Å². The van der Waals surface area contributed by atoms with Crippen LogP contribution in [-0.2, 0) is 4.79 Å². The average Bonchev–Trinajstić information content (AvgIpc) is 2.37. The first-order valence-corrected chi connectivity index (χ1v) is 9.21. The Morgan fingerprint density at radius 1 is 0.870 bits per heavy atom. The van der Waals surface area contributed by atoms with Gasteiger partial charge in [0, 0.05) is 6.08 Å². The molecule has 0 saturated carbocycles. The number of hydrogen-bond donors (Lipinski definition) is 1. The molecule has 0 unspecified atom stereocenters. The Kier molecular flexibility index (Phi) is 17.3. The number of aliphatic carboxylic acids is 1. The van der Waals surface area contributed by atoms with Gasteiger partial charge < -0.3 is 5.11 Å². The molecule has 2 atom stereocenters. The van der Waals surface area contributed by atoms with Gasteiger partial charge in [0.25, 0.3) is 0 Å². The summed E-state index contributed by atoms with van der Waals surface area (Å²) in [6.45, 7) is 11.3. The number of carbonyl (C=O) groups is 1. The van der Waals surface area contributed by atoms with Crippen LogP contribution in [0.5, 0.6) is 0 Å². The van der Waals surface area contributed by atoms with Crippen LogP contribution in [0.25, 0.3) is 0 Å². The van der Waals surface area contributed by atoms with Crippen LogP contribution in [0.4, 0.5) is 0 Å². The minimum atomic E-state index is -0.822. The van der Waals surface area contributed by atoms with Crippen LogP contribution in [0.3, 0.4) is 0 Å². The van der Waals surface area contributed by atoms with Gasteiger partial charge in [-0.25, -0.2) is 4.79 Å². The molecule has 1 N–H and O–H groups in total. The molecule has 0 bridgehead atoms. The SMILES string of the molecule is C/C(=C\C(=O)O)CCC[C@H](C)CCC[C@H](C)CCCC(C)C.[PbH2]. The Labute approximate surface area is 164 Å². The van der Waals surface area contributed by atoms with Gasteiger partial charge in [0.15, 0.2) is 0 Å². The zero-order chi connectivity index (χ0) is 17.0. The molecular formula is C20H40O2Pb. The van der Waals surface area contributed by atoms with Crippen LogP contribution >= 0.6 is 0 Å². The molecule has 136 valence electrons. The van der Waals surface area contributed by atoms with E-state index in [1.165, 1.54) is 51.0 Å². The molecule has 0 heterocycles. The van der Waals surface area contributed by atoms with Gasteiger partial charge in [-0.2, -0.15) is 0 Å². The first-order chi connectivity index (χ1) is 10.3. The van der Waals surface area contributed by atoms with Crippen molar-refractivity contribution >= 4 is 33.3 Å². The summed E-state index contributed by atoms with van der Waals surface area (Å²) in [5.74, 6) is 1.65. The second-order valence-corrected chi connectivity index (χ2v) is 7.69. The first-order valence-electron chi connectivity index (χ1n) is 9.21. The van der Waals surface area contributed by atoms with Gasteiger partial charge in [0.2, 0.25) is 0 Å². The molecule has 0 rings (SSSR count). The van der Waals surface area contributed by atoms with Crippen LogP contribution in [0.15, 0.2) is 11.6 Å². The second kappa shape index (κ2) is 15.6. The third-order valence-electron chi connectivity index (χ3n) is 4.51. The standard InChI is InChI=1S/C20H38O2.Pb.2H/c1-16(2)9-6-10-17(3)11-7-12-18(4)13-8-14-19(5)15-20(21)22;;;/h15-18H,6-14H2,1-5H3,(H,21,22);;;/b19-15+;;;/t17-,18-;;;/m1.../s1. The predicted octanol–water partition coefficient (Wildman–Crippen LogP) is 5.54. The van der Waals surface area contributed by atoms with Crippen molar-refractivity contribution in [2.45, 2.75) is 92.4 Å². The maximum atomic E-state index is 10.5. The Balaban J connectivity index is 0. The molecule has 0 aliphatic rings. The summed E-state index contributed by atoms with van der Waals surface area (Å²) >= 11 is 0. The molecule has 0 aliphatic heterocycles. The number of hydrogen-bond acceptors (Lipinski definition) is 1. The summed E-state index contributed by atoms with van der Waals surface area (Å²) in [5.41, 5.74) is 0.985. The topological polar surface area (TPSA) is 37.3 Å². The predicted molar refractivity (Wildman–Crippen MR) is 105 cm³/mol. The molecule has 2 radical (unpaired) electrons. The Bertz CT molecular complexity index is 324. The summed E-state index contributed by atoms with van der Waals surface area (Å²) in [4.78, 5) is 10.5. The number of rotatable bonds is 13. The quantitative estimate of drug-likeness (QED) is 0.256. The van der Waals surface area contributed by atoms with Gasteiger partial charge in [-0.05, 0) is 37.5 Å². The van der Waals surface area contributed by atoms with E-state index in [0.717, 1.165) is 36.2 Å². The van der Waals surface area contributed by atoms with E-state index in [2.05, 4.69) is 27.7 Å². The molecule has 0 aromatic rings. The van der Waals surface area contributed by atoms with Crippen LogP contribution in [0.2, 0.25) is 0 Å². The van der Waals surface area contributed by atoms with Crippen molar-refractivity contribution in [2.24, 2.45) is 17.8 Å². The normalized spacial score (nSPS) is 14.4. The summed E-state index contributed by atoms with van der Waals surface area (Å²) in [7, 11) is 0. The van der Waals surface area contributed by atoms with Crippen molar-refractivity contribution in [2.75, 3.05) is 0 Å². The third-order valence-corrected chi connectivity index (χ3v) is 4.51.